The van der Waals surface area contributed by atoms with Crippen LogP contribution in [0.15, 0.2) is 24.3 Å². The zero-order valence-electron chi connectivity index (χ0n) is 11.1. The summed E-state index contributed by atoms with van der Waals surface area (Å²) in [7, 11) is 0. The minimum absolute atomic E-state index is 0.0543. The van der Waals surface area contributed by atoms with Crippen molar-refractivity contribution in [3.05, 3.63) is 29.8 Å². The summed E-state index contributed by atoms with van der Waals surface area (Å²) in [4.78, 5) is 25.5. The van der Waals surface area contributed by atoms with Gasteiger partial charge in [0.15, 0.2) is 0 Å². The summed E-state index contributed by atoms with van der Waals surface area (Å²) in [5.41, 5.74) is -2.75. The van der Waals surface area contributed by atoms with Crippen LogP contribution < -0.4 is 4.90 Å². The minimum atomic E-state index is -4.45. The van der Waals surface area contributed by atoms with E-state index < -0.39 is 29.2 Å². The fourth-order valence-electron chi connectivity index (χ4n) is 2.10. The first-order valence-electron chi connectivity index (χ1n) is 6.24. The molecule has 0 saturated carbocycles. The number of amides is 2. The van der Waals surface area contributed by atoms with E-state index in [9.17, 15) is 27.2 Å². The van der Waals surface area contributed by atoms with Gasteiger partial charge in [-0.2, -0.15) is 13.2 Å². The molecule has 2 rings (SSSR count). The zero-order chi connectivity index (χ0) is 16.5. The number of carbonyl (C=O) groups is 2. The van der Waals surface area contributed by atoms with Crippen molar-refractivity contribution in [1.29, 1.82) is 0 Å². The molecule has 1 aromatic carbocycles. The van der Waals surface area contributed by atoms with E-state index in [0.29, 0.717) is 0 Å². The Balaban J connectivity index is 2.09. The van der Waals surface area contributed by atoms with E-state index in [2.05, 4.69) is 0 Å². The van der Waals surface area contributed by atoms with E-state index in [-0.39, 0.29) is 25.3 Å². The Hall–Kier alpha value is -1.83. The lowest BCUT2D eigenvalue weighted by Gasteiger charge is -2.34. The van der Waals surface area contributed by atoms with Crippen molar-refractivity contribution in [3.8, 4) is 0 Å². The molecule has 1 saturated heterocycles. The quantitative estimate of drug-likeness (QED) is 0.614. The van der Waals surface area contributed by atoms with E-state index in [0.717, 1.165) is 17.0 Å². The monoisotopic (exact) mass is 338 g/mol. The number of benzene rings is 1. The number of carbonyl (C=O) groups excluding carboxylic acids is 2. The molecule has 2 amide bonds. The first kappa shape index (κ1) is 16.5. The molecule has 1 aliphatic heterocycles. The van der Waals surface area contributed by atoms with E-state index in [4.69, 9.17) is 11.6 Å². The lowest BCUT2D eigenvalue weighted by molar-refractivity contribution is -0.138. The molecule has 120 valence electrons. The molecule has 1 unspecified atom stereocenters. The van der Waals surface area contributed by atoms with Crippen LogP contribution in [0.1, 0.15) is 5.56 Å². The van der Waals surface area contributed by atoms with Gasteiger partial charge in [-0.05, 0) is 24.3 Å². The third-order valence-electron chi connectivity index (χ3n) is 3.23. The molecule has 0 radical (unpaired) electrons. The van der Waals surface area contributed by atoms with Gasteiger partial charge in [-0.3, -0.25) is 9.59 Å². The second-order valence-electron chi connectivity index (χ2n) is 4.65. The smallest absolute Gasteiger partial charge is 0.328 e. The van der Waals surface area contributed by atoms with Crippen LogP contribution in [0.25, 0.3) is 0 Å². The fourth-order valence-corrected chi connectivity index (χ4v) is 2.24. The zero-order valence-corrected chi connectivity index (χ0v) is 11.9. The van der Waals surface area contributed by atoms with Gasteiger partial charge in [0.1, 0.15) is 6.54 Å². The lowest BCUT2D eigenvalue weighted by Crippen LogP contribution is -2.53. The molecule has 1 atom stereocenters. The van der Waals surface area contributed by atoms with Crippen molar-refractivity contribution in [3.63, 3.8) is 0 Å². The van der Waals surface area contributed by atoms with Crippen molar-refractivity contribution < 1.29 is 27.2 Å². The van der Waals surface area contributed by atoms with Crippen LogP contribution in [0.3, 0.4) is 0 Å². The van der Waals surface area contributed by atoms with Crippen molar-refractivity contribution in [2.24, 2.45) is 0 Å². The van der Waals surface area contributed by atoms with E-state index in [1.54, 1.807) is 0 Å². The largest absolute Gasteiger partial charge is 0.416 e. The molecular formula is C13H11ClF4N2O2. The Morgan fingerprint density at radius 3 is 2.23 bits per heavy atom. The number of nitrogens with zero attached hydrogens (tertiary/aromatic N) is 2. The van der Waals surface area contributed by atoms with Gasteiger partial charge in [0, 0.05) is 18.8 Å². The molecule has 0 bridgehead atoms. The third kappa shape index (κ3) is 3.49. The number of rotatable bonds is 2. The Morgan fingerprint density at radius 2 is 1.77 bits per heavy atom. The number of anilines is 1. The Morgan fingerprint density at radius 1 is 1.18 bits per heavy atom. The Labute approximate surface area is 128 Å². The Bertz CT molecular complexity index is 574. The first-order valence-corrected chi connectivity index (χ1v) is 6.68. The van der Waals surface area contributed by atoms with Crippen molar-refractivity contribution in [1.82, 2.24) is 4.90 Å². The normalized spacial score (nSPS) is 17.6. The predicted molar refractivity (Wildman–Crippen MR) is 71.1 cm³/mol. The summed E-state index contributed by atoms with van der Waals surface area (Å²) in [5.74, 6) is -1.52. The van der Waals surface area contributed by atoms with Crippen LogP contribution in [0.4, 0.5) is 23.2 Å². The molecule has 1 aliphatic rings. The maximum atomic E-state index is 12.7. The summed E-state index contributed by atoms with van der Waals surface area (Å²) < 4.78 is 50.2. The van der Waals surface area contributed by atoms with Gasteiger partial charge in [-0.15, -0.1) is 0 Å². The van der Waals surface area contributed by atoms with Gasteiger partial charge in [-0.1, -0.05) is 11.6 Å². The van der Waals surface area contributed by atoms with Gasteiger partial charge in [0.2, 0.25) is 5.91 Å². The Kier molecular flexibility index (Phi) is 4.60. The highest BCUT2D eigenvalue weighted by Crippen LogP contribution is 2.30. The number of alkyl halides is 5. The fraction of sp³-hybridized carbons (Fsp3) is 0.385. The van der Waals surface area contributed by atoms with Crippen LogP contribution in [0, 0.1) is 0 Å². The molecule has 1 heterocycles. The summed E-state index contributed by atoms with van der Waals surface area (Å²) >= 11 is 5.03. The second-order valence-corrected chi connectivity index (χ2v) is 5.03. The topological polar surface area (TPSA) is 40.6 Å². The highest BCUT2D eigenvalue weighted by molar-refractivity contribution is 6.29. The van der Waals surface area contributed by atoms with Crippen molar-refractivity contribution in [2.45, 2.75) is 11.8 Å². The van der Waals surface area contributed by atoms with Crippen molar-refractivity contribution in [2.75, 3.05) is 24.5 Å². The maximum Gasteiger partial charge on any atom is 0.416 e. The van der Waals surface area contributed by atoms with E-state index in [1.807, 2.05) is 0 Å². The second kappa shape index (κ2) is 6.12. The number of hydrogen-bond donors (Lipinski definition) is 0. The molecule has 1 aromatic rings. The molecule has 0 spiro atoms. The molecule has 9 heteroatoms. The highest BCUT2D eigenvalue weighted by Gasteiger charge is 2.33. The van der Waals surface area contributed by atoms with E-state index in [1.165, 1.54) is 17.0 Å². The van der Waals surface area contributed by atoms with Gasteiger partial charge in [-0.25, -0.2) is 4.39 Å². The van der Waals surface area contributed by atoms with Gasteiger partial charge < -0.3 is 9.80 Å². The highest BCUT2D eigenvalue weighted by atomic mass is 35.5. The molecule has 0 aliphatic carbocycles. The van der Waals surface area contributed by atoms with E-state index >= 15 is 0 Å². The number of piperazine rings is 1. The van der Waals surface area contributed by atoms with Crippen LogP contribution in [0.2, 0.25) is 0 Å². The molecule has 0 N–H and O–H groups in total. The summed E-state index contributed by atoms with van der Waals surface area (Å²) in [5, 5.41) is 0. The summed E-state index contributed by atoms with van der Waals surface area (Å²) in [6, 6.07) is 4.10. The van der Waals surface area contributed by atoms with Gasteiger partial charge >= 0.3 is 6.18 Å². The van der Waals surface area contributed by atoms with Crippen LogP contribution >= 0.6 is 11.6 Å². The van der Waals surface area contributed by atoms with Crippen molar-refractivity contribution >= 4 is 29.1 Å². The SMILES string of the molecule is O=C(C(F)Cl)N1CCN(c2ccc(C(F)(F)F)cc2)C(=O)C1. The maximum absolute atomic E-state index is 12.7. The predicted octanol–water partition coefficient (Wildman–Crippen LogP) is 2.42. The lowest BCUT2D eigenvalue weighted by atomic mass is 10.1. The molecule has 0 aromatic heterocycles. The average Bonchev–Trinajstić information content (AvgIpc) is 2.45. The first-order chi connectivity index (χ1) is 10.2. The summed E-state index contributed by atoms with van der Waals surface area (Å²) in [6.45, 7) is -0.259. The van der Waals surface area contributed by atoms with Crippen LogP contribution in [-0.2, 0) is 15.8 Å². The molecule has 4 nitrogen and oxygen atoms in total. The standard InChI is InChI=1S/C13H11ClF4N2O2/c14-11(15)12(22)19-5-6-20(10(21)7-19)9-3-1-8(2-4-9)13(16,17)18/h1-4,11H,5-7H2. The summed E-state index contributed by atoms with van der Waals surface area (Å²) in [6.07, 6.45) is -4.45. The molecule has 1 fully saturated rings. The molecule has 22 heavy (non-hydrogen) atoms. The van der Waals surface area contributed by atoms with Gasteiger partial charge in [0.25, 0.3) is 11.5 Å². The number of hydrogen-bond acceptors (Lipinski definition) is 2. The average molecular weight is 339 g/mol. The molecular weight excluding hydrogens is 328 g/mol. The number of halogens is 5. The van der Waals surface area contributed by atoms with Crippen LogP contribution in [0.5, 0.6) is 0 Å². The van der Waals surface area contributed by atoms with Crippen LogP contribution in [-0.4, -0.2) is 42.0 Å². The minimum Gasteiger partial charge on any atom is -0.328 e. The third-order valence-corrected chi connectivity index (χ3v) is 3.41. The van der Waals surface area contributed by atoms with Gasteiger partial charge in [0.05, 0.1) is 5.56 Å².